The van der Waals surface area contributed by atoms with E-state index in [0.29, 0.717) is 42.5 Å². The number of hydrogen-bond donors (Lipinski definition) is 0. The van der Waals surface area contributed by atoms with E-state index in [2.05, 4.69) is 5.10 Å². The van der Waals surface area contributed by atoms with Crippen molar-refractivity contribution in [2.75, 3.05) is 13.1 Å². The fraction of sp³-hybridized carbons (Fsp3) is 0.450. The fourth-order valence-corrected chi connectivity index (χ4v) is 3.70. The first-order valence-corrected chi connectivity index (χ1v) is 9.40. The number of rotatable bonds is 1. The molecule has 1 aliphatic rings. The molecule has 3 aromatic rings. The summed E-state index contributed by atoms with van der Waals surface area (Å²) in [5, 5.41) is 4.62. The molecule has 7 nitrogen and oxygen atoms in total. The van der Waals surface area contributed by atoms with Crippen LogP contribution in [-0.4, -0.2) is 43.9 Å². The van der Waals surface area contributed by atoms with Crippen LogP contribution in [0.5, 0.6) is 0 Å². The molecule has 1 saturated heterocycles. The number of carbonyl (C=O) groups excluding carboxylic acids is 1. The van der Waals surface area contributed by atoms with Gasteiger partial charge in [-0.15, -0.1) is 0 Å². The summed E-state index contributed by atoms with van der Waals surface area (Å²) in [5.41, 5.74) is 0.0694. The zero-order chi connectivity index (χ0) is 20.1. The van der Waals surface area contributed by atoms with E-state index in [0.717, 1.165) is 0 Å². The molecule has 0 radical (unpaired) electrons. The number of amides is 1. The smallest absolute Gasteiger partial charge is 0.410 e. The Morgan fingerprint density at radius 2 is 1.93 bits per heavy atom. The molecule has 28 heavy (non-hydrogen) atoms. The number of hydrogen-bond acceptors (Lipinski definition) is 4. The molecule has 0 bridgehead atoms. The van der Waals surface area contributed by atoms with E-state index in [1.165, 1.54) is 16.6 Å². The van der Waals surface area contributed by atoms with E-state index < -0.39 is 11.4 Å². The number of ether oxygens (including phenoxy) is 1. The molecule has 1 amide bonds. The van der Waals surface area contributed by atoms with Crippen LogP contribution in [0.25, 0.3) is 16.6 Å². The van der Waals surface area contributed by atoms with Crippen LogP contribution in [-0.2, 0) is 4.74 Å². The molecule has 0 atom stereocenters. The minimum absolute atomic E-state index is 0.0290. The molecule has 1 aliphatic heterocycles. The predicted octanol–water partition coefficient (Wildman–Crippen LogP) is 3.36. The Labute approximate surface area is 161 Å². The van der Waals surface area contributed by atoms with Crippen molar-refractivity contribution >= 4 is 22.6 Å². The zero-order valence-electron chi connectivity index (χ0n) is 16.2. The normalized spacial score (nSPS) is 16.1. The van der Waals surface area contributed by atoms with Crippen LogP contribution in [0.2, 0.25) is 0 Å². The number of halogens is 1. The van der Waals surface area contributed by atoms with Gasteiger partial charge in [-0.3, -0.25) is 4.79 Å². The monoisotopic (exact) mass is 386 g/mol. The zero-order valence-corrected chi connectivity index (χ0v) is 16.2. The molecule has 8 heteroatoms. The van der Waals surface area contributed by atoms with Crippen molar-refractivity contribution in [2.45, 2.75) is 45.3 Å². The van der Waals surface area contributed by atoms with Gasteiger partial charge in [-0.25, -0.2) is 9.18 Å². The highest BCUT2D eigenvalue weighted by molar-refractivity contribution is 5.92. The molecule has 0 saturated carbocycles. The molecule has 1 fully saturated rings. The molecule has 0 aliphatic carbocycles. The van der Waals surface area contributed by atoms with E-state index in [4.69, 9.17) is 4.74 Å². The highest BCUT2D eigenvalue weighted by Crippen LogP contribution is 2.29. The van der Waals surface area contributed by atoms with Gasteiger partial charge in [0.05, 0.1) is 10.9 Å². The van der Waals surface area contributed by atoms with Crippen LogP contribution in [0.4, 0.5) is 9.18 Å². The van der Waals surface area contributed by atoms with Crippen LogP contribution in [0, 0.1) is 5.82 Å². The van der Waals surface area contributed by atoms with E-state index in [1.807, 2.05) is 25.3 Å². The van der Waals surface area contributed by atoms with Crippen LogP contribution in [0.1, 0.15) is 39.7 Å². The molecule has 2 aromatic heterocycles. The largest absolute Gasteiger partial charge is 0.444 e. The molecular weight excluding hydrogens is 363 g/mol. The van der Waals surface area contributed by atoms with E-state index in [-0.39, 0.29) is 17.7 Å². The number of benzene rings is 1. The van der Waals surface area contributed by atoms with Crippen molar-refractivity contribution in [1.82, 2.24) is 19.1 Å². The second kappa shape index (κ2) is 6.61. The second-order valence-corrected chi connectivity index (χ2v) is 8.13. The minimum atomic E-state index is -0.535. The average Bonchev–Trinajstić information content (AvgIpc) is 3.03. The maximum Gasteiger partial charge on any atom is 0.410 e. The number of aromatic nitrogens is 3. The molecule has 0 N–H and O–H groups in total. The summed E-state index contributed by atoms with van der Waals surface area (Å²) < 4.78 is 23.1. The van der Waals surface area contributed by atoms with Gasteiger partial charge in [-0.2, -0.15) is 9.61 Å². The van der Waals surface area contributed by atoms with E-state index in [9.17, 15) is 14.0 Å². The first-order valence-electron chi connectivity index (χ1n) is 9.40. The lowest BCUT2D eigenvalue weighted by atomic mass is 10.0. The summed E-state index contributed by atoms with van der Waals surface area (Å²) in [7, 11) is 0. The number of fused-ring (bicyclic) bond motifs is 3. The Balaban J connectivity index is 1.66. The molecule has 0 unspecified atom stereocenters. The summed E-state index contributed by atoms with van der Waals surface area (Å²) in [4.78, 5) is 26.2. The van der Waals surface area contributed by atoms with Crippen LogP contribution in [0.15, 0.2) is 35.3 Å². The van der Waals surface area contributed by atoms with Crippen molar-refractivity contribution in [3.63, 3.8) is 0 Å². The number of likely N-dealkylation sites (tertiary alicyclic amines) is 1. The Bertz CT molecular complexity index is 1100. The summed E-state index contributed by atoms with van der Waals surface area (Å²) in [6, 6.07) is 6.12. The molecule has 1 aromatic carbocycles. The van der Waals surface area contributed by atoms with Crippen LogP contribution < -0.4 is 5.56 Å². The van der Waals surface area contributed by atoms with Gasteiger partial charge >= 0.3 is 6.09 Å². The van der Waals surface area contributed by atoms with Crippen molar-refractivity contribution < 1.29 is 13.9 Å². The van der Waals surface area contributed by atoms with Crippen molar-refractivity contribution in [2.24, 2.45) is 0 Å². The number of carbonyl (C=O) groups is 1. The van der Waals surface area contributed by atoms with Gasteiger partial charge in [0.2, 0.25) is 0 Å². The number of nitrogens with zero attached hydrogens (tertiary/aromatic N) is 4. The van der Waals surface area contributed by atoms with Gasteiger partial charge in [0.25, 0.3) is 5.56 Å². The summed E-state index contributed by atoms with van der Waals surface area (Å²) in [6.45, 7) is 6.59. The molecule has 4 rings (SSSR count). The van der Waals surface area contributed by atoms with Crippen molar-refractivity contribution in [1.29, 1.82) is 0 Å². The molecule has 0 spiro atoms. The Hall–Kier alpha value is -2.90. The Kier molecular flexibility index (Phi) is 4.36. The fourth-order valence-electron chi connectivity index (χ4n) is 3.70. The van der Waals surface area contributed by atoms with Gasteiger partial charge in [-0.1, -0.05) is 6.07 Å². The lowest BCUT2D eigenvalue weighted by molar-refractivity contribution is 0.0189. The van der Waals surface area contributed by atoms with Gasteiger partial charge < -0.3 is 14.2 Å². The van der Waals surface area contributed by atoms with Crippen LogP contribution >= 0.6 is 0 Å². The topological polar surface area (TPSA) is 68.8 Å². The van der Waals surface area contributed by atoms with Crippen molar-refractivity contribution in [3.05, 3.63) is 46.6 Å². The highest BCUT2D eigenvalue weighted by atomic mass is 19.1. The molecule has 148 valence electrons. The third-order valence-electron chi connectivity index (χ3n) is 4.96. The van der Waals surface area contributed by atoms with Gasteiger partial charge in [0.1, 0.15) is 11.4 Å². The standard InChI is InChI=1S/C20H23FN4O3/c1-20(2,3)28-19(27)23-10-7-13(8-11-23)24-12-9-16(26)25-18(24)17-14(21)5-4-6-15(17)22-25/h4-6,9,12-13H,7-8,10-11H2,1-3H3. The number of piperidine rings is 1. The quantitative estimate of drug-likeness (QED) is 0.643. The summed E-state index contributed by atoms with van der Waals surface area (Å²) in [5.74, 6) is -0.405. The Morgan fingerprint density at radius 1 is 1.21 bits per heavy atom. The predicted molar refractivity (Wildman–Crippen MR) is 103 cm³/mol. The maximum absolute atomic E-state index is 14.5. The third-order valence-corrected chi connectivity index (χ3v) is 4.96. The van der Waals surface area contributed by atoms with Crippen molar-refractivity contribution in [3.8, 4) is 0 Å². The van der Waals surface area contributed by atoms with Crippen LogP contribution in [0.3, 0.4) is 0 Å². The van der Waals surface area contributed by atoms with E-state index in [1.54, 1.807) is 23.2 Å². The summed E-state index contributed by atoms with van der Waals surface area (Å²) >= 11 is 0. The van der Waals surface area contributed by atoms with E-state index >= 15 is 0 Å². The maximum atomic E-state index is 14.5. The molecule has 3 heterocycles. The van der Waals surface area contributed by atoms with Gasteiger partial charge in [0.15, 0.2) is 5.65 Å². The first-order chi connectivity index (χ1) is 13.2. The highest BCUT2D eigenvalue weighted by Gasteiger charge is 2.28. The Morgan fingerprint density at radius 3 is 2.61 bits per heavy atom. The lowest BCUT2D eigenvalue weighted by Gasteiger charge is -2.34. The minimum Gasteiger partial charge on any atom is -0.444 e. The first kappa shape index (κ1) is 18.5. The van der Waals surface area contributed by atoms with Gasteiger partial charge in [-0.05, 0) is 45.7 Å². The third kappa shape index (κ3) is 3.23. The molecular formula is C20H23FN4O3. The average molecular weight is 386 g/mol. The SMILES string of the molecule is CC(C)(C)OC(=O)N1CCC(n2ccc(=O)n3nc4cccc(F)c4c23)CC1. The second-order valence-electron chi connectivity index (χ2n) is 8.13. The lowest BCUT2D eigenvalue weighted by Crippen LogP contribution is -2.42. The summed E-state index contributed by atoms with van der Waals surface area (Å²) in [6.07, 6.45) is 2.73. The van der Waals surface area contributed by atoms with Gasteiger partial charge in [0, 0.05) is 31.4 Å².